The molecule has 7 nitrogen and oxygen atoms in total. The zero-order valence-corrected chi connectivity index (χ0v) is 15.6. The van der Waals surface area contributed by atoms with Gasteiger partial charge in [-0.25, -0.2) is 4.79 Å². The number of amides is 3. The number of nitrogens with zero attached hydrogens (tertiary/aromatic N) is 1. The van der Waals surface area contributed by atoms with Gasteiger partial charge in [0.2, 0.25) is 5.91 Å². The summed E-state index contributed by atoms with van der Waals surface area (Å²) in [5.41, 5.74) is 0.756. The summed E-state index contributed by atoms with van der Waals surface area (Å²) < 4.78 is 11.4. The van der Waals surface area contributed by atoms with Crippen molar-refractivity contribution in [3.05, 3.63) is 18.2 Å². The van der Waals surface area contributed by atoms with Crippen LogP contribution in [-0.2, 0) is 9.53 Å². The van der Waals surface area contributed by atoms with Crippen molar-refractivity contribution in [1.29, 1.82) is 0 Å². The van der Waals surface area contributed by atoms with E-state index in [1.54, 1.807) is 17.0 Å². The monoisotopic (exact) mass is 361 g/mol. The molecule has 7 heteroatoms. The number of anilines is 2. The van der Waals surface area contributed by atoms with Crippen LogP contribution in [0.25, 0.3) is 0 Å². The van der Waals surface area contributed by atoms with Crippen LogP contribution in [0.15, 0.2) is 18.2 Å². The maximum Gasteiger partial charge on any atom is 0.319 e. The van der Waals surface area contributed by atoms with Crippen LogP contribution in [0, 0.1) is 5.41 Å². The zero-order valence-electron chi connectivity index (χ0n) is 15.6. The summed E-state index contributed by atoms with van der Waals surface area (Å²) in [5.74, 6) is 0.636. The molecule has 3 amide bonds. The van der Waals surface area contributed by atoms with Gasteiger partial charge in [-0.1, -0.05) is 0 Å². The molecule has 0 aromatic heterocycles. The van der Waals surface area contributed by atoms with Crippen LogP contribution in [0.4, 0.5) is 16.2 Å². The third-order valence-corrected chi connectivity index (χ3v) is 4.75. The Morgan fingerprint density at radius 1 is 1.38 bits per heavy atom. The van der Waals surface area contributed by atoms with E-state index in [0.717, 1.165) is 25.1 Å². The molecule has 1 saturated heterocycles. The van der Waals surface area contributed by atoms with Gasteiger partial charge in [0.05, 0.1) is 17.2 Å². The topological polar surface area (TPSA) is 79.9 Å². The highest BCUT2D eigenvalue weighted by Crippen LogP contribution is 2.38. The van der Waals surface area contributed by atoms with Crippen LogP contribution < -0.4 is 20.3 Å². The third-order valence-electron chi connectivity index (χ3n) is 4.75. The smallest absolute Gasteiger partial charge is 0.319 e. The normalized spacial score (nSPS) is 21.6. The molecule has 0 radical (unpaired) electrons. The SMILES string of the molecule is CCN1C(=O)C(C)(C)COc2cc(NC(=O)NC[C@@H]3CCCO3)ccc21. The van der Waals surface area contributed by atoms with Gasteiger partial charge < -0.3 is 25.0 Å². The van der Waals surface area contributed by atoms with E-state index in [1.165, 1.54) is 0 Å². The second kappa shape index (κ2) is 7.53. The molecule has 26 heavy (non-hydrogen) atoms. The molecule has 0 spiro atoms. The van der Waals surface area contributed by atoms with Crippen molar-refractivity contribution in [3.63, 3.8) is 0 Å². The largest absolute Gasteiger partial charge is 0.490 e. The van der Waals surface area contributed by atoms with Gasteiger partial charge >= 0.3 is 6.03 Å². The summed E-state index contributed by atoms with van der Waals surface area (Å²) in [7, 11) is 0. The molecular weight excluding hydrogens is 334 g/mol. The van der Waals surface area contributed by atoms with Gasteiger partial charge in [-0.2, -0.15) is 0 Å². The minimum atomic E-state index is -0.596. The zero-order chi connectivity index (χ0) is 18.7. The van der Waals surface area contributed by atoms with E-state index >= 15 is 0 Å². The molecule has 3 rings (SSSR count). The first kappa shape index (κ1) is 18.5. The summed E-state index contributed by atoms with van der Waals surface area (Å²) >= 11 is 0. The number of carbonyl (C=O) groups is 2. The number of fused-ring (bicyclic) bond motifs is 1. The molecule has 0 saturated carbocycles. The number of urea groups is 1. The molecule has 0 bridgehead atoms. The van der Waals surface area contributed by atoms with Crippen LogP contribution >= 0.6 is 0 Å². The van der Waals surface area contributed by atoms with Crippen LogP contribution in [0.2, 0.25) is 0 Å². The van der Waals surface area contributed by atoms with Gasteiger partial charge in [-0.15, -0.1) is 0 Å². The van der Waals surface area contributed by atoms with E-state index < -0.39 is 5.41 Å². The van der Waals surface area contributed by atoms with Crippen molar-refractivity contribution < 1.29 is 19.1 Å². The van der Waals surface area contributed by atoms with Crippen LogP contribution in [0.5, 0.6) is 5.75 Å². The predicted octanol–water partition coefficient (Wildman–Crippen LogP) is 2.76. The van der Waals surface area contributed by atoms with E-state index in [4.69, 9.17) is 9.47 Å². The lowest BCUT2D eigenvalue weighted by Crippen LogP contribution is -2.42. The minimum Gasteiger partial charge on any atom is -0.490 e. The fraction of sp³-hybridized carbons (Fsp3) is 0.579. The summed E-state index contributed by atoms with van der Waals surface area (Å²) in [4.78, 5) is 26.5. The van der Waals surface area contributed by atoms with Crippen molar-refractivity contribution in [2.45, 2.75) is 39.7 Å². The standard InChI is InChI=1S/C19H27N3O4/c1-4-22-15-8-7-13(10-16(15)26-12-19(2,3)17(22)23)21-18(24)20-11-14-6-5-9-25-14/h7-8,10,14H,4-6,9,11-12H2,1-3H3,(H2,20,21,24)/t14-/m0/s1. The number of rotatable bonds is 4. The molecule has 142 valence electrons. The van der Waals surface area contributed by atoms with Crippen molar-refractivity contribution in [2.24, 2.45) is 5.41 Å². The first-order chi connectivity index (χ1) is 12.4. The number of hydrogen-bond acceptors (Lipinski definition) is 4. The third kappa shape index (κ3) is 3.93. The number of nitrogens with one attached hydrogen (secondary N) is 2. The first-order valence-electron chi connectivity index (χ1n) is 9.16. The quantitative estimate of drug-likeness (QED) is 0.864. The van der Waals surface area contributed by atoms with Crippen molar-refractivity contribution >= 4 is 23.3 Å². The van der Waals surface area contributed by atoms with E-state index in [-0.39, 0.29) is 18.0 Å². The Kier molecular flexibility index (Phi) is 5.36. The predicted molar refractivity (Wildman–Crippen MR) is 99.7 cm³/mol. The summed E-state index contributed by atoms with van der Waals surface area (Å²) in [6.45, 7) is 7.81. The van der Waals surface area contributed by atoms with Crippen molar-refractivity contribution in [2.75, 3.05) is 36.5 Å². The molecule has 2 aliphatic rings. The van der Waals surface area contributed by atoms with Gasteiger partial charge in [-0.3, -0.25) is 4.79 Å². The fourth-order valence-electron chi connectivity index (χ4n) is 3.23. The van der Waals surface area contributed by atoms with E-state index in [1.807, 2.05) is 26.8 Å². The molecule has 1 aromatic rings. The van der Waals surface area contributed by atoms with E-state index in [2.05, 4.69) is 10.6 Å². The van der Waals surface area contributed by atoms with E-state index in [0.29, 0.717) is 31.1 Å². The Labute approximate surface area is 154 Å². The number of carbonyl (C=O) groups excluding carboxylic acids is 2. The Morgan fingerprint density at radius 2 is 2.19 bits per heavy atom. The lowest BCUT2D eigenvalue weighted by Gasteiger charge is -2.26. The molecule has 1 fully saturated rings. The lowest BCUT2D eigenvalue weighted by atomic mass is 9.93. The Bertz CT molecular complexity index is 683. The molecule has 2 heterocycles. The van der Waals surface area contributed by atoms with Crippen molar-refractivity contribution in [1.82, 2.24) is 5.32 Å². The molecule has 2 aliphatic heterocycles. The first-order valence-corrected chi connectivity index (χ1v) is 9.16. The average Bonchev–Trinajstić information content (AvgIpc) is 3.10. The van der Waals surface area contributed by atoms with E-state index in [9.17, 15) is 9.59 Å². The highest BCUT2D eigenvalue weighted by atomic mass is 16.5. The van der Waals surface area contributed by atoms with Gasteiger partial charge in [0.15, 0.2) is 0 Å². The van der Waals surface area contributed by atoms with Gasteiger partial charge in [0.1, 0.15) is 12.4 Å². The van der Waals surface area contributed by atoms with Gasteiger partial charge in [-0.05, 0) is 45.7 Å². The number of ether oxygens (including phenoxy) is 2. The molecule has 2 N–H and O–H groups in total. The molecular formula is C19H27N3O4. The summed E-state index contributed by atoms with van der Waals surface area (Å²) in [5, 5.41) is 5.64. The summed E-state index contributed by atoms with van der Waals surface area (Å²) in [6.07, 6.45) is 2.12. The van der Waals surface area contributed by atoms with Gasteiger partial charge in [0.25, 0.3) is 0 Å². The molecule has 0 unspecified atom stereocenters. The van der Waals surface area contributed by atoms with Gasteiger partial charge in [0, 0.05) is 31.5 Å². The van der Waals surface area contributed by atoms with Crippen LogP contribution in [-0.4, -0.2) is 44.3 Å². The minimum absolute atomic E-state index is 0.0359. The second-order valence-electron chi connectivity index (χ2n) is 7.37. The number of benzene rings is 1. The maximum absolute atomic E-state index is 12.7. The van der Waals surface area contributed by atoms with Crippen LogP contribution in [0.1, 0.15) is 33.6 Å². The second-order valence-corrected chi connectivity index (χ2v) is 7.37. The molecule has 1 atom stereocenters. The Morgan fingerprint density at radius 3 is 2.88 bits per heavy atom. The molecule has 1 aromatic carbocycles. The molecule has 0 aliphatic carbocycles. The lowest BCUT2D eigenvalue weighted by molar-refractivity contribution is -0.127. The summed E-state index contributed by atoms with van der Waals surface area (Å²) in [6, 6.07) is 5.08. The average molecular weight is 361 g/mol. The van der Waals surface area contributed by atoms with Crippen LogP contribution in [0.3, 0.4) is 0 Å². The Balaban J connectivity index is 1.69. The number of hydrogen-bond donors (Lipinski definition) is 2. The Hall–Kier alpha value is -2.28. The highest BCUT2D eigenvalue weighted by molar-refractivity contribution is 6.00. The highest BCUT2D eigenvalue weighted by Gasteiger charge is 2.37. The maximum atomic E-state index is 12.7. The van der Waals surface area contributed by atoms with Crippen molar-refractivity contribution in [3.8, 4) is 5.75 Å². The fourth-order valence-corrected chi connectivity index (χ4v) is 3.23.